The molecule has 0 aliphatic carbocycles. The standard InChI is InChI=1S/C34H39F2N5O5/c1-22-31(39-15-13-38(14-16-39)19-23-17-29(44-2)32(46-4)30(18-23)45-3)33(42)41(21-28(37)24-9-6-5-7-10-24)34(43)40(22)20-25-26(35)11-8-12-27(25)36/h5-12,17-18,28H,13-16,19-21,37H2,1-4H3. The van der Waals surface area contributed by atoms with Crippen molar-refractivity contribution in [3.63, 3.8) is 0 Å². The third-order valence-electron chi connectivity index (χ3n) is 8.46. The van der Waals surface area contributed by atoms with Gasteiger partial charge in [-0.1, -0.05) is 36.4 Å². The van der Waals surface area contributed by atoms with Crippen molar-refractivity contribution in [1.82, 2.24) is 14.0 Å². The molecule has 1 aromatic heterocycles. The first-order valence-electron chi connectivity index (χ1n) is 15.0. The van der Waals surface area contributed by atoms with Crippen LogP contribution in [-0.2, 0) is 19.6 Å². The molecule has 2 N–H and O–H groups in total. The van der Waals surface area contributed by atoms with Crippen LogP contribution in [0.2, 0.25) is 0 Å². The summed E-state index contributed by atoms with van der Waals surface area (Å²) in [6.45, 7) is 3.95. The highest BCUT2D eigenvalue weighted by atomic mass is 19.1. The molecule has 46 heavy (non-hydrogen) atoms. The summed E-state index contributed by atoms with van der Waals surface area (Å²) in [5, 5.41) is 0. The van der Waals surface area contributed by atoms with Gasteiger partial charge in [0, 0.05) is 50.0 Å². The lowest BCUT2D eigenvalue weighted by Gasteiger charge is -2.37. The van der Waals surface area contributed by atoms with E-state index >= 15 is 0 Å². The number of aromatic nitrogens is 2. The van der Waals surface area contributed by atoms with E-state index in [1.807, 2.05) is 47.4 Å². The predicted molar refractivity (Wildman–Crippen MR) is 172 cm³/mol. The van der Waals surface area contributed by atoms with Crippen LogP contribution in [0.15, 0.2) is 70.3 Å². The largest absolute Gasteiger partial charge is 0.493 e. The van der Waals surface area contributed by atoms with Crippen molar-refractivity contribution in [3.8, 4) is 17.2 Å². The van der Waals surface area contributed by atoms with Crippen molar-refractivity contribution < 1.29 is 23.0 Å². The van der Waals surface area contributed by atoms with Crippen molar-refractivity contribution in [2.75, 3.05) is 52.4 Å². The van der Waals surface area contributed by atoms with E-state index in [1.54, 1.807) is 28.3 Å². The maximum atomic E-state index is 14.7. The average molecular weight is 636 g/mol. The van der Waals surface area contributed by atoms with E-state index in [9.17, 15) is 18.4 Å². The third kappa shape index (κ3) is 6.63. The van der Waals surface area contributed by atoms with Crippen LogP contribution in [-0.4, -0.2) is 61.5 Å². The smallest absolute Gasteiger partial charge is 0.331 e. The van der Waals surface area contributed by atoms with Gasteiger partial charge in [0.15, 0.2) is 11.5 Å². The number of benzene rings is 3. The summed E-state index contributed by atoms with van der Waals surface area (Å²) >= 11 is 0. The molecule has 1 aliphatic rings. The van der Waals surface area contributed by atoms with E-state index < -0.39 is 28.9 Å². The van der Waals surface area contributed by atoms with Gasteiger partial charge in [0.25, 0.3) is 5.56 Å². The van der Waals surface area contributed by atoms with E-state index in [-0.39, 0.29) is 18.7 Å². The Kier molecular flexibility index (Phi) is 10.1. The van der Waals surface area contributed by atoms with Gasteiger partial charge >= 0.3 is 5.69 Å². The lowest BCUT2D eigenvalue weighted by Crippen LogP contribution is -2.51. The lowest BCUT2D eigenvalue weighted by molar-refractivity contribution is 0.248. The highest BCUT2D eigenvalue weighted by Gasteiger charge is 2.27. The van der Waals surface area contributed by atoms with E-state index in [4.69, 9.17) is 19.9 Å². The van der Waals surface area contributed by atoms with E-state index in [0.29, 0.717) is 61.4 Å². The molecule has 0 saturated carbocycles. The van der Waals surface area contributed by atoms with Gasteiger partial charge in [-0.25, -0.2) is 13.6 Å². The van der Waals surface area contributed by atoms with Gasteiger partial charge in [-0.3, -0.25) is 18.8 Å². The molecule has 5 rings (SSSR count). The minimum atomic E-state index is -0.771. The number of hydrogen-bond acceptors (Lipinski definition) is 8. The summed E-state index contributed by atoms with van der Waals surface area (Å²) in [5.41, 5.74) is 7.40. The van der Waals surface area contributed by atoms with E-state index in [2.05, 4.69) is 4.90 Å². The molecule has 2 heterocycles. The second kappa shape index (κ2) is 14.2. The summed E-state index contributed by atoms with van der Waals surface area (Å²) in [6, 6.07) is 15.9. The minimum absolute atomic E-state index is 0.101. The summed E-state index contributed by atoms with van der Waals surface area (Å²) in [6.07, 6.45) is 0. The highest BCUT2D eigenvalue weighted by Crippen LogP contribution is 2.38. The van der Waals surface area contributed by atoms with Crippen LogP contribution in [0, 0.1) is 18.6 Å². The van der Waals surface area contributed by atoms with Crippen LogP contribution < -0.4 is 36.1 Å². The molecule has 1 fully saturated rings. The Morgan fingerprint density at radius 3 is 1.98 bits per heavy atom. The first-order valence-corrected chi connectivity index (χ1v) is 15.0. The number of piperazine rings is 1. The molecule has 0 amide bonds. The van der Waals surface area contributed by atoms with Gasteiger partial charge in [0.2, 0.25) is 5.75 Å². The molecule has 1 atom stereocenters. The second-order valence-corrected chi connectivity index (χ2v) is 11.2. The van der Waals surface area contributed by atoms with Gasteiger partial charge in [0.05, 0.1) is 34.4 Å². The molecule has 0 radical (unpaired) electrons. The average Bonchev–Trinajstić information content (AvgIpc) is 3.06. The fraction of sp³-hybridized carbons (Fsp3) is 0.353. The van der Waals surface area contributed by atoms with Gasteiger partial charge in [-0.15, -0.1) is 0 Å². The summed E-state index contributed by atoms with van der Waals surface area (Å²) in [7, 11) is 4.70. The van der Waals surface area contributed by atoms with Crippen LogP contribution in [0.3, 0.4) is 0 Å². The number of ether oxygens (including phenoxy) is 3. The number of nitrogens with two attached hydrogens (primary N) is 1. The number of halogens is 2. The Morgan fingerprint density at radius 2 is 1.41 bits per heavy atom. The highest BCUT2D eigenvalue weighted by molar-refractivity contribution is 5.54. The van der Waals surface area contributed by atoms with Crippen LogP contribution in [0.1, 0.15) is 28.4 Å². The van der Waals surface area contributed by atoms with Crippen LogP contribution in [0.5, 0.6) is 17.2 Å². The normalized spacial score (nSPS) is 14.3. The lowest BCUT2D eigenvalue weighted by atomic mass is 10.1. The Hall–Kier alpha value is -4.68. The molecule has 12 heteroatoms. The van der Waals surface area contributed by atoms with Crippen molar-refractivity contribution in [2.45, 2.75) is 32.6 Å². The van der Waals surface area contributed by atoms with Crippen molar-refractivity contribution in [2.24, 2.45) is 5.73 Å². The maximum absolute atomic E-state index is 14.7. The quantitative estimate of drug-likeness (QED) is 0.266. The molecule has 1 saturated heterocycles. The third-order valence-corrected chi connectivity index (χ3v) is 8.46. The Balaban J connectivity index is 1.46. The van der Waals surface area contributed by atoms with E-state index in [1.165, 1.54) is 10.6 Å². The molecular weight excluding hydrogens is 596 g/mol. The molecule has 1 unspecified atom stereocenters. The van der Waals surface area contributed by atoms with Crippen molar-refractivity contribution >= 4 is 5.69 Å². The minimum Gasteiger partial charge on any atom is -0.493 e. The fourth-order valence-electron chi connectivity index (χ4n) is 5.96. The maximum Gasteiger partial charge on any atom is 0.331 e. The van der Waals surface area contributed by atoms with Gasteiger partial charge in [0.1, 0.15) is 17.3 Å². The molecule has 244 valence electrons. The number of rotatable bonds is 11. The van der Waals surface area contributed by atoms with Crippen LogP contribution >= 0.6 is 0 Å². The van der Waals surface area contributed by atoms with Crippen LogP contribution in [0.25, 0.3) is 0 Å². The molecule has 1 aliphatic heterocycles. The van der Waals surface area contributed by atoms with Crippen molar-refractivity contribution in [1.29, 1.82) is 0 Å². The fourth-order valence-corrected chi connectivity index (χ4v) is 5.96. The number of hydrogen-bond donors (Lipinski definition) is 1. The Labute approximate surface area is 266 Å². The number of anilines is 1. The Bertz CT molecular complexity index is 1760. The zero-order valence-corrected chi connectivity index (χ0v) is 26.5. The van der Waals surface area contributed by atoms with Gasteiger partial charge in [-0.2, -0.15) is 0 Å². The zero-order valence-electron chi connectivity index (χ0n) is 26.5. The predicted octanol–water partition coefficient (Wildman–Crippen LogP) is 3.69. The summed E-state index contributed by atoms with van der Waals surface area (Å²) < 4.78 is 48.3. The molecule has 4 aromatic rings. The molecule has 0 bridgehead atoms. The number of nitrogens with zero attached hydrogens (tertiary/aromatic N) is 4. The summed E-state index contributed by atoms with van der Waals surface area (Å²) in [5.74, 6) is 0.101. The zero-order chi connectivity index (χ0) is 33.0. The second-order valence-electron chi connectivity index (χ2n) is 11.2. The molecular formula is C34H39F2N5O5. The molecule has 3 aromatic carbocycles. The van der Waals surface area contributed by atoms with Crippen LogP contribution in [0.4, 0.5) is 14.5 Å². The first-order chi connectivity index (χ1) is 22.2. The number of methoxy groups -OCH3 is 3. The Morgan fingerprint density at radius 1 is 0.804 bits per heavy atom. The van der Waals surface area contributed by atoms with Gasteiger partial charge < -0.3 is 24.8 Å². The SMILES string of the molecule is COc1cc(CN2CCN(c3c(C)n(Cc4c(F)cccc4F)c(=O)n(CC(N)c4ccccc4)c3=O)CC2)cc(OC)c1OC. The summed E-state index contributed by atoms with van der Waals surface area (Å²) in [4.78, 5) is 32.0. The molecule has 0 spiro atoms. The molecule has 10 nitrogen and oxygen atoms in total. The van der Waals surface area contributed by atoms with Gasteiger partial charge in [-0.05, 0) is 42.3 Å². The first kappa shape index (κ1) is 32.7. The van der Waals surface area contributed by atoms with E-state index in [0.717, 1.165) is 27.8 Å². The van der Waals surface area contributed by atoms with Crippen molar-refractivity contribution in [3.05, 3.63) is 116 Å². The monoisotopic (exact) mass is 635 g/mol. The topological polar surface area (TPSA) is 104 Å².